The molecule has 0 saturated carbocycles. The molecule has 21 heavy (non-hydrogen) atoms. The minimum absolute atomic E-state index is 0.151. The summed E-state index contributed by atoms with van der Waals surface area (Å²) in [5.74, 6) is -0.151. The van der Waals surface area contributed by atoms with Crippen LogP contribution in [0.2, 0.25) is 0 Å². The third kappa shape index (κ3) is 3.63. The minimum Gasteiger partial charge on any atom is -0.341 e. The number of hydrogen-bond acceptors (Lipinski definition) is 3. The number of sulfonamides is 1. The van der Waals surface area contributed by atoms with Gasteiger partial charge in [0, 0.05) is 13.1 Å². The van der Waals surface area contributed by atoms with Crippen molar-refractivity contribution in [2.75, 3.05) is 13.1 Å². The topological polar surface area (TPSA) is 66.5 Å². The molecule has 1 aliphatic rings. The average Bonchev–Trinajstić information content (AvgIpc) is 2.94. The normalized spacial score (nSPS) is 17.0. The zero-order valence-electron chi connectivity index (χ0n) is 12.7. The summed E-state index contributed by atoms with van der Waals surface area (Å²) in [4.78, 5) is 14.2. The van der Waals surface area contributed by atoms with Gasteiger partial charge in [-0.05, 0) is 50.8 Å². The van der Waals surface area contributed by atoms with Gasteiger partial charge in [0.05, 0.1) is 10.9 Å². The van der Waals surface area contributed by atoms with Crippen LogP contribution in [0.1, 0.15) is 30.9 Å². The molecule has 1 fully saturated rings. The van der Waals surface area contributed by atoms with Crippen LogP contribution in [-0.2, 0) is 14.8 Å². The Labute approximate surface area is 126 Å². The quantitative estimate of drug-likeness (QED) is 0.918. The molecule has 1 aliphatic heterocycles. The van der Waals surface area contributed by atoms with Crippen molar-refractivity contribution in [3.05, 3.63) is 29.3 Å². The number of carbonyl (C=O) groups excluding carboxylic acids is 1. The van der Waals surface area contributed by atoms with E-state index < -0.39 is 16.1 Å². The molecule has 0 unspecified atom stereocenters. The molecule has 0 aliphatic carbocycles. The van der Waals surface area contributed by atoms with Gasteiger partial charge in [0.1, 0.15) is 0 Å². The number of aryl methyl sites for hydroxylation is 2. The van der Waals surface area contributed by atoms with E-state index in [2.05, 4.69) is 4.72 Å². The Morgan fingerprint density at radius 3 is 2.48 bits per heavy atom. The van der Waals surface area contributed by atoms with Gasteiger partial charge in [-0.3, -0.25) is 4.79 Å². The molecular formula is C15H22N2O3S. The maximum atomic E-state index is 12.5. The number of hydrogen-bond donors (Lipinski definition) is 1. The van der Waals surface area contributed by atoms with Gasteiger partial charge in [-0.1, -0.05) is 12.1 Å². The summed E-state index contributed by atoms with van der Waals surface area (Å²) in [6.45, 7) is 6.63. The molecule has 6 heteroatoms. The standard InChI is InChI=1S/C15H22N2O3S/c1-11-6-7-12(2)14(10-11)21(19,20)16-13(3)15(18)17-8-4-5-9-17/h6-7,10,13,16H,4-5,8-9H2,1-3H3/t13-/m1/s1. The first-order chi connectivity index (χ1) is 9.81. The molecule has 5 nitrogen and oxygen atoms in total. The lowest BCUT2D eigenvalue weighted by Crippen LogP contribution is -2.45. The predicted molar refractivity (Wildman–Crippen MR) is 81.5 cm³/mol. The van der Waals surface area contributed by atoms with Crippen molar-refractivity contribution in [2.24, 2.45) is 0 Å². The number of likely N-dealkylation sites (tertiary alicyclic amines) is 1. The molecule has 2 rings (SSSR count). The van der Waals surface area contributed by atoms with Gasteiger partial charge in [-0.2, -0.15) is 4.72 Å². The van der Waals surface area contributed by atoms with E-state index >= 15 is 0 Å². The number of benzene rings is 1. The van der Waals surface area contributed by atoms with E-state index in [1.54, 1.807) is 30.9 Å². The molecule has 0 aromatic heterocycles. The van der Waals surface area contributed by atoms with Crippen molar-refractivity contribution in [2.45, 2.75) is 44.6 Å². The second kappa shape index (κ2) is 6.15. The Morgan fingerprint density at radius 1 is 1.24 bits per heavy atom. The summed E-state index contributed by atoms with van der Waals surface area (Å²) in [5.41, 5.74) is 1.55. The molecule has 1 aromatic carbocycles. The molecule has 1 saturated heterocycles. The van der Waals surface area contributed by atoms with Crippen LogP contribution in [0.4, 0.5) is 0 Å². The number of carbonyl (C=O) groups is 1. The number of nitrogens with one attached hydrogen (secondary N) is 1. The summed E-state index contributed by atoms with van der Waals surface area (Å²) < 4.78 is 27.4. The molecular weight excluding hydrogens is 288 g/mol. The highest BCUT2D eigenvalue weighted by Crippen LogP contribution is 2.17. The second-order valence-corrected chi connectivity index (χ2v) is 7.33. The molecule has 1 heterocycles. The van der Waals surface area contributed by atoms with Crippen LogP contribution in [0, 0.1) is 13.8 Å². The van der Waals surface area contributed by atoms with E-state index in [9.17, 15) is 13.2 Å². The predicted octanol–water partition coefficient (Wildman–Crippen LogP) is 1.59. The summed E-state index contributed by atoms with van der Waals surface area (Å²) in [5, 5.41) is 0. The summed E-state index contributed by atoms with van der Waals surface area (Å²) in [7, 11) is -3.68. The van der Waals surface area contributed by atoms with E-state index in [1.807, 2.05) is 13.0 Å². The number of amides is 1. The summed E-state index contributed by atoms with van der Waals surface area (Å²) in [6.07, 6.45) is 1.98. The lowest BCUT2D eigenvalue weighted by Gasteiger charge is -2.21. The smallest absolute Gasteiger partial charge is 0.241 e. The highest BCUT2D eigenvalue weighted by atomic mass is 32.2. The summed E-state index contributed by atoms with van der Waals surface area (Å²) >= 11 is 0. The summed E-state index contributed by atoms with van der Waals surface area (Å²) in [6, 6.07) is 4.53. The van der Waals surface area contributed by atoms with Gasteiger partial charge in [-0.25, -0.2) is 8.42 Å². The van der Waals surface area contributed by atoms with Crippen LogP contribution in [0.5, 0.6) is 0 Å². The maximum absolute atomic E-state index is 12.5. The van der Waals surface area contributed by atoms with Crippen LogP contribution in [0.15, 0.2) is 23.1 Å². The zero-order valence-corrected chi connectivity index (χ0v) is 13.5. The van der Waals surface area contributed by atoms with Crippen LogP contribution in [0.3, 0.4) is 0 Å². The molecule has 0 spiro atoms. The van der Waals surface area contributed by atoms with Crippen LogP contribution < -0.4 is 4.72 Å². The van der Waals surface area contributed by atoms with Crippen LogP contribution in [0.25, 0.3) is 0 Å². The van der Waals surface area contributed by atoms with Gasteiger partial charge in [0.15, 0.2) is 0 Å². The molecule has 1 N–H and O–H groups in total. The van der Waals surface area contributed by atoms with Crippen LogP contribution >= 0.6 is 0 Å². The van der Waals surface area contributed by atoms with Gasteiger partial charge in [-0.15, -0.1) is 0 Å². The van der Waals surface area contributed by atoms with Crippen molar-refractivity contribution >= 4 is 15.9 Å². The minimum atomic E-state index is -3.68. The lowest BCUT2D eigenvalue weighted by molar-refractivity contribution is -0.131. The molecule has 0 bridgehead atoms. The molecule has 1 amide bonds. The highest BCUT2D eigenvalue weighted by molar-refractivity contribution is 7.89. The Kier molecular flexibility index (Phi) is 4.68. The van der Waals surface area contributed by atoms with Crippen molar-refractivity contribution in [3.8, 4) is 0 Å². The monoisotopic (exact) mass is 310 g/mol. The molecule has 0 radical (unpaired) electrons. The Hall–Kier alpha value is -1.40. The third-order valence-electron chi connectivity index (χ3n) is 3.75. The van der Waals surface area contributed by atoms with Crippen molar-refractivity contribution < 1.29 is 13.2 Å². The second-order valence-electron chi connectivity index (χ2n) is 5.64. The Balaban J connectivity index is 2.16. The first-order valence-corrected chi connectivity index (χ1v) is 8.68. The van der Waals surface area contributed by atoms with Crippen LogP contribution in [-0.4, -0.2) is 38.4 Å². The fraction of sp³-hybridized carbons (Fsp3) is 0.533. The molecule has 1 atom stereocenters. The van der Waals surface area contributed by atoms with Crippen molar-refractivity contribution in [3.63, 3.8) is 0 Å². The van der Waals surface area contributed by atoms with Gasteiger partial charge < -0.3 is 4.90 Å². The van der Waals surface area contributed by atoms with Gasteiger partial charge in [0.2, 0.25) is 15.9 Å². The first-order valence-electron chi connectivity index (χ1n) is 7.19. The SMILES string of the molecule is Cc1ccc(C)c(S(=O)(=O)N[C@H](C)C(=O)N2CCCC2)c1. The van der Waals surface area contributed by atoms with Gasteiger partial charge >= 0.3 is 0 Å². The fourth-order valence-corrected chi connectivity index (χ4v) is 4.08. The fourth-order valence-electron chi connectivity index (χ4n) is 2.55. The number of rotatable bonds is 4. The van der Waals surface area contributed by atoms with E-state index in [1.165, 1.54) is 0 Å². The lowest BCUT2D eigenvalue weighted by atomic mass is 10.2. The van der Waals surface area contributed by atoms with E-state index in [4.69, 9.17) is 0 Å². The van der Waals surface area contributed by atoms with E-state index in [0.29, 0.717) is 18.7 Å². The Morgan fingerprint density at radius 2 is 1.86 bits per heavy atom. The molecule has 116 valence electrons. The van der Waals surface area contributed by atoms with E-state index in [-0.39, 0.29) is 10.8 Å². The Bertz CT molecular complexity index is 634. The maximum Gasteiger partial charge on any atom is 0.241 e. The zero-order chi connectivity index (χ0) is 15.6. The first kappa shape index (κ1) is 16.0. The average molecular weight is 310 g/mol. The largest absolute Gasteiger partial charge is 0.341 e. The van der Waals surface area contributed by atoms with Crippen molar-refractivity contribution in [1.82, 2.24) is 9.62 Å². The third-order valence-corrected chi connectivity index (χ3v) is 5.44. The highest BCUT2D eigenvalue weighted by Gasteiger charge is 2.28. The van der Waals surface area contributed by atoms with Crippen molar-refractivity contribution in [1.29, 1.82) is 0 Å². The number of nitrogens with zero attached hydrogens (tertiary/aromatic N) is 1. The van der Waals surface area contributed by atoms with E-state index in [0.717, 1.165) is 18.4 Å². The molecule has 1 aromatic rings. The van der Waals surface area contributed by atoms with Gasteiger partial charge in [0.25, 0.3) is 0 Å².